The van der Waals surface area contributed by atoms with E-state index in [0.29, 0.717) is 19.6 Å². The summed E-state index contributed by atoms with van der Waals surface area (Å²) in [5, 5.41) is 9.46. The van der Waals surface area contributed by atoms with Crippen molar-refractivity contribution >= 4 is 11.9 Å². The van der Waals surface area contributed by atoms with Crippen LogP contribution in [0.1, 0.15) is 24.5 Å². The molecule has 0 saturated carbocycles. The van der Waals surface area contributed by atoms with Crippen LogP contribution >= 0.6 is 0 Å². The van der Waals surface area contributed by atoms with Gasteiger partial charge in [-0.2, -0.15) is 0 Å². The molecule has 0 aromatic heterocycles. The Bertz CT molecular complexity index is 571. The molecular weight excluding hydrogens is 270 g/mol. The fourth-order valence-electron chi connectivity index (χ4n) is 3.15. The minimum Gasteiger partial charge on any atom is -0.480 e. The third kappa shape index (κ3) is 2.53. The molecule has 5 nitrogen and oxygen atoms in total. The van der Waals surface area contributed by atoms with Gasteiger partial charge in [-0.15, -0.1) is 0 Å². The normalized spacial score (nSPS) is 28.2. The van der Waals surface area contributed by atoms with E-state index in [2.05, 4.69) is 0 Å². The molecule has 1 N–H and O–H groups in total. The number of carboxylic acids is 1. The van der Waals surface area contributed by atoms with Crippen molar-refractivity contribution in [2.75, 3.05) is 6.61 Å². The smallest absolute Gasteiger partial charge is 0.326 e. The second-order valence-corrected chi connectivity index (χ2v) is 5.85. The Morgan fingerprint density at radius 3 is 2.62 bits per heavy atom. The quantitative estimate of drug-likeness (QED) is 0.895. The number of amides is 1. The van der Waals surface area contributed by atoms with Gasteiger partial charge in [-0.25, -0.2) is 4.79 Å². The topological polar surface area (TPSA) is 66.8 Å². The van der Waals surface area contributed by atoms with Crippen LogP contribution in [0.25, 0.3) is 0 Å². The van der Waals surface area contributed by atoms with Crippen LogP contribution in [0.15, 0.2) is 24.3 Å². The van der Waals surface area contributed by atoms with Crippen LogP contribution in [0.5, 0.6) is 0 Å². The SMILES string of the molecule is CC1CCOC1C(=O)N1Cc2ccccc2CC1C(=O)O. The lowest BCUT2D eigenvalue weighted by atomic mass is 9.92. The van der Waals surface area contributed by atoms with Gasteiger partial charge in [-0.3, -0.25) is 4.79 Å². The zero-order valence-electron chi connectivity index (χ0n) is 12.0. The molecule has 2 aliphatic heterocycles. The zero-order valence-corrected chi connectivity index (χ0v) is 12.0. The molecule has 0 radical (unpaired) electrons. The minimum atomic E-state index is -0.955. The van der Waals surface area contributed by atoms with Crippen LogP contribution in [-0.2, 0) is 27.3 Å². The maximum Gasteiger partial charge on any atom is 0.326 e. The molecule has 1 saturated heterocycles. The van der Waals surface area contributed by atoms with Crippen LogP contribution in [0.4, 0.5) is 0 Å². The molecule has 1 aromatic carbocycles. The van der Waals surface area contributed by atoms with Crippen LogP contribution in [0.3, 0.4) is 0 Å². The van der Waals surface area contributed by atoms with Crippen LogP contribution in [-0.4, -0.2) is 40.6 Å². The van der Waals surface area contributed by atoms with E-state index in [1.54, 1.807) is 0 Å². The van der Waals surface area contributed by atoms with Crippen molar-refractivity contribution < 1.29 is 19.4 Å². The molecule has 21 heavy (non-hydrogen) atoms. The number of rotatable bonds is 2. The molecule has 3 unspecified atom stereocenters. The van der Waals surface area contributed by atoms with Crippen LogP contribution in [0, 0.1) is 5.92 Å². The van der Waals surface area contributed by atoms with Gasteiger partial charge in [0.15, 0.2) is 0 Å². The number of carbonyl (C=O) groups is 2. The van der Waals surface area contributed by atoms with Gasteiger partial charge in [0.25, 0.3) is 5.91 Å². The summed E-state index contributed by atoms with van der Waals surface area (Å²) in [5.41, 5.74) is 2.03. The summed E-state index contributed by atoms with van der Waals surface area (Å²) in [6.45, 7) is 2.89. The van der Waals surface area contributed by atoms with Gasteiger partial charge < -0.3 is 14.7 Å². The Hall–Kier alpha value is -1.88. The number of carbonyl (C=O) groups excluding carboxylic acids is 1. The summed E-state index contributed by atoms with van der Waals surface area (Å²) in [4.78, 5) is 25.7. The first-order chi connectivity index (χ1) is 10.1. The number of hydrogen-bond acceptors (Lipinski definition) is 3. The first-order valence-corrected chi connectivity index (χ1v) is 7.29. The van der Waals surface area contributed by atoms with Crippen molar-refractivity contribution in [2.24, 2.45) is 5.92 Å². The summed E-state index contributed by atoms with van der Waals surface area (Å²) in [6.07, 6.45) is 0.703. The molecule has 2 aliphatic rings. The fourth-order valence-corrected chi connectivity index (χ4v) is 3.15. The summed E-state index contributed by atoms with van der Waals surface area (Å²) >= 11 is 0. The van der Waals surface area contributed by atoms with Crippen LogP contribution < -0.4 is 0 Å². The van der Waals surface area contributed by atoms with Gasteiger partial charge in [0.1, 0.15) is 12.1 Å². The Balaban J connectivity index is 1.89. The average Bonchev–Trinajstić information content (AvgIpc) is 2.91. The molecular formula is C16H19NO4. The molecule has 0 bridgehead atoms. The van der Waals surface area contributed by atoms with Crippen molar-refractivity contribution in [3.63, 3.8) is 0 Å². The predicted molar refractivity (Wildman–Crippen MR) is 75.6 cm³/mol. The number of hydrogen-bond donors (Lipinski definition) is 1. The number of fused-ring (bicyclic) bond motifs is 1. The van der Waals surface area contributed by atoms with E-state index in [1.165, 1.54) is 4.90 Å². The van der Waals surface area contributed by atoms with E-state index in [-0.39, 0.29) is 11.8 Å². The average molecular weight is 289 g/mol. The zero-order chi connectivity index (χ0) is 15.0. The van der Waals surface area contributed by atoms with Crippen molar-refractivity contribution in [2.45, 2.75) is 38.5 Å². The molecule has 112 valence electrons. The van der Waals surface area contributed by atoms with Gasteiger partial charge >= 0.3 is 5.97 Å². The number of aliphatic carboxylic acids is 1. The van der Waals surface area contributed by atoms with Gasteiger partial charge in [0.05, 0.1) is 0 Å². The first-order valence-electron chi connectivity index (χ1n) is 7.29. The second kappa shape index (κ2) is 5.48. The Morgan fingerprint density at radius 1 is 1.29 bits per heavy atom. The van der Waals surface area contributed by atoms with Crippen molar-refractivity contribution in [3.05, 3.63) is 35.4 Å². The maximum absolute atomic E-state index is 12.7. The Morgan fingerprint density at radius 2 is 2.00 bits per heavy atom. The van der Waals surface area contributed by atoms with E-state index in [1.807, 2.05) is 31.2 Å². The number of carboxylic acid groups (broad SMARTS) is 1. The van der Waals surface area contributed by atoms with E-state index in [9.17, 15) is 14.7 Å². The van der Waals surface area contributed by atoms with Crippen LogP contribution in [0.2, 0.25) is 0 Å². The van der Waals surface area contributed by atoms with Crippen molar-refractivity contribution in [1.82, 2.24) is 4.90 Å². The number of nitrogens with zero attached hydrogens (tertiary/aromatic N) is 1. The highest BCUT2D eigenvalue weighted by molar-refractivity contribution is 5.87. The fraction of sp³-hybridized carbons (Fsp3) is 0.500. The Kier molecular flexibility index (Phi) is 3.68. The summed E-state index contributed by atoms with van der Waals surface area (Å²) in [7, 11) is 0. The maximum atomic E-state index is 12.7. The highest BCUT2D eigenvalue weighted by atomic mass is 16.5. The number of ether oxygens (including phenoxy) is 1. The highest BCUT2D eigenvalue weighted by Gasteiger charge is 2.40. The predicted octanol–water partition coefficient (Wildman–Crippen LogP) is 1.45. The summed E-state index contributed by atoms with van der Waals surface area (Å²) in [6, 6.07) is 6.90. The molecule has 3 rings (SSSR count). The second-order valence-electron chi connectivity index (χ2n) is 5.85. The standard InChI is InChI=1S/C16H19NO4/c1-10-6-7-21-14(10)15(18)17-9-12-5-3-2-4-11(12)8-13(17)16(19)20/h2-5,10,13-14H,6-9H2,1H3,(H,19,20). The summed E-state index contributed by atoms with van der Waals surface area (Å²) in [5.74, 6) is -1.01. The van der Waals surface area contributed by atoms with E-state index >= 15 is 0 Å². The van der Waals surface area contributed by atoms with Crippen molar-refractivity contribution in [1.29, 1.82) is 0 Å². The van der Waals surface area contributed by atoms with E-state index in [4.69, 9.17) is 4.74 Å². The van der Waals surface area contributed by atoms with Gasteiger partial charge in [0.2, 0.25) is 0 Å². The summed E-state index contributed by atoms with van der Waals surface area (Å²) < 4.78 is 5.51. The lowest BCUT2D eigenvalue weighted by Crippen LogP contribution is -2.52. The largest absolute Gasteiger partial charge is 0.480 e. The monoisotopic (exact) mass is 289 g/mol. The minimum absolute atomic E-state index is 0.143. The molecule has 3 atom stereocenters. The lowest BCUT2D eigenvalue weighted by Gasteiger charge is -2.36. The first kappa shape index (κ1) is 14.1. The number of benzene rings is 1. The Labute approximate surface area is 123 Å². The molecule has 2 heterocycles. The molecule has 1 fully saturated rings. The molecule has 5 heteroatoms. The van der Waals surface area contributed by atoms with Crippen molar-refractivity contribution in [3.8, 4) is 0 Å². The third-order valence-electron chi connectivity index (χ3n) is 4.45. The van der Waals surface area contributed by atoms with Gasteiger partial charge in [-0.05, 0) is 23.5 Å². The highest BCUT2D eigenvalue weighted by Crippen LogP contribution is 2.28. The molecule has 1 amide bonds. The van der Waals surface area contributed by atoms with Gasteiger partial charge in [-0.1, -0.05) is 31.2 Å². The van der Waals surface area contributed by atoms with E-state index < -0.39 is 18.1 Å². The molecule has 0 aliphatic carbocycles. The lowest BCUT2D eigenvalue weighted by molar-refractivity contribution is -0.156. The third-order valence-corrected chi connectivity index (χ3v) is 4.45. The van der Waals surface area contributed by atoms with Gasteiger partial charge in [0, 0.05) is 19.6 Å². The van der Waals surface area contributed by atoms with E-state index in [0.717, 1.165) is 17.5 Å². The molecule has 1 aromatic rings. The molecule has 0 spiro atoms.